The van der Waals surface area contributed by atoms with E-state index in [1.54, 1.807) is 0 Å². The van der Waals surface area contributed by atoms with Crippen molar-refractivity contribution in [2.24, 2.45) is 0 Å². The molecule has 14 aromatic rings. The van der Waals surface area contributed by atoms with Crippen LogP contribution in [0, 0.1) is 0 Å². The van der Waals surface area contributed by atoms with Gasteiger partial charge in [0.05, 0.1) is 11.0 Å². The predicted molar refractivity (Wildman–Crippen MR) is 281 cm³/mol. The summed E-state index contributed by atoms with van der Waals surface area (Å²) in [5, 5.41) is 6.51. The van der Waals surface area contributed by atoms with Crippen molar-refractivity contribution in [1.29, 1.82) is 0 Å². The first-order chi connectivity index (χ1) is 34.2. The minimum atomic E-state index is 0.575. The number of benzene rings is 10. The zero-order chi connectivity index (χ0) is 45.4. The molecule has 322 valence electrons. The van der Waals surface area contributed by atoms with Crippen LogP contribution in [0.1, 0.15) is 0 Å². The maximum absolute atomic E-state index is 6.74. The summed E-state index contributed by atoms with van der Waals surface area (Å²) in [6.07, 6.45) is 0. The third kappa shape index (κ3) is 6.53. The van der Waals surface area contributed by atoms with Crippen LogP contribution in [0.5, 0.6) is 0 Å². The summed E-state index contributed by atoms with van der Waals surface area (Å²) >= 11 is 0. The van der Waals surface area contributed by atoms with Crippen molar-refractivity contribution in [2.75, 3.05) is 0 Å². The van der Waals surface area contributed by atoms with Crippen molar-refractivity contribution in [1.82, 2.24) is 19.5 Å². The summed E-state index contributed by atoms with van der Waals surface area (Å²) in [6, 6.07) is 80.4. The average molecular weight is 883 g/mol. The molecule has 0 bridgehead atoms. The van der Waals surface area contributed by atoms with Gasteiger partial charge in [0.2, 0.25) is 0 Å². The minimum Gasteiger partial charge on any atom is -0.456 e. The molecule has 0 aliphatic rings. The summed E-state index contributed by atoms with van der Waals surface area (Å²) < 4.78 is 15.6. The summed E-state index contributed by atoms with van der Waals surface area (Å²) in [4.78, 5) is 15.3. The van der Waals surface area contributed by atoms with Gasteiger partial charge in [0.15, 0.2) is 17.5 Å². The topological polar surface area (TPSA) is 69.9 Å². The summed E-state index contributed by atoms with van der Waals surface area (Å²) in [5.41, 5.74) is 16.0. The molecule has 0 atom stereocenters. The molecular weight excluding hydrogens is 845 g/mol. The van der Waals surface area contributed by atoms with Crippen LogP contribution in [-0.2, 0) is 0 Å². The van der Waals surface area contributed by atoms with Crippen molar-refractivity contribution < 1.29 is 8.83 Å². The zero-order valence-electron chi connectivity index (χ0n) is 37.0. The van der Waals surface area contributed by atoms with Gasteiger partial charge in [-0.15, -0.1) is 0 Å². The maximum atomic E-state index is 6.74. The van der Waals surface area contributed by atoms with Gasteiger partial charge in [-0.2, -0.15) is 0 Å². The van der Waals surface area contributed by atoms with Crippen molar-refractivity contribution >= 4 is 65.7 Å². The quantitative estimate of drug-likeness (QED) is 0.159. The fourth-order valence-electron chi connectivity index (χ4n) is 10.1. The van der Waals surface area contributed by atoms with Crippen molar-refractivity contribution in [3.05, 3.63) is 231 Å². The zero-order valence-corrected chi connectivity index (χ0v) is 37.0. The molecule has 0 aliphatic carbocycles. The summed E-state index contributed by atoms with van der Waals surface area (Å²) in [5.74, 6) is 1.78. The highest BCUT2D eigenvalue weighted by Gasteiger charge is 2.20. The van der Waals surface area contributed by atoms with Gasteiger partial charge in [-0.3, -0.25) is 0 Å². The van der Waals surface area contributed by atoms with E-state index in [2.05, 4.69) is 187 Å². The molecule has 0 fully saturated rings. The Morgan fingerprint density at radius 3 is 1.55 bits per heavy atom. The highest BCUT2D eigenvalue weighted by Crippen LogP contribution is 2.41. The van der Waals surface area contributed by atoms with E-state index >= 15 is 0 Å². The Balaban J connectivity index is 0.857. The first kappa shape index (κ1) is 38.8. The molecule has 0 unspecified atom stereocenters. The predicted octanol–water partition coefficient (Wildman–Crippen LogP) is 16.8. The number of aromatic nitrogens is 4. The van der Waals surface area contributed by atoms with E-state index in [1.807, 2.05) is 48.5 Å². The van der Waals surface area contributed by atoms with E-state index in [0.717, 1.165) is 99.5 Å². The summed E-state index contributed by atoms with van der Waals surface area (Å²) in [7, 11) is 0. The first-order valence-electron chi connectivity index (χ1n) is 23.2. The van der Waals surface area contributed by atoms with Gasteiger partial charge in [-0.25, -0.2) is 15.0 Å². The molecule has 0 spiro atoms. The maximum Gasteiger partial charge on any atom is 0.164 e. The average Bonchev–Trinajstić information content (AvgIpc) is 4.10. The van der Waals surface area contributed by atoms with Gasteiger partial charge in [0, 0.05) is 60.8 Å². The lowest BCUT2D eigenvalue weighted by molar-refractivity contribution is 0.669. The van der Waals surface area contributed by atoms with Gasteiger partial charge >= 0.3 is 0 Å². The van der Waals surface area contributed by atoms with E-state index in [-0.39, 0.29) is 0 Å². The van der Waals surface area contributed by atoms with Crippen LogP contribution in [0.2, 0.25) is 0 Å². The fourth-order valence-corrected chi connectivity index (χ4v) is 10.1. The molecule has 4 heterocycles. The lowest BCUT2D eigenvalue weighted by atomic mass is 9.99. The fraction of sp³-hybridized carbons (Fsp3) is 0. The van der Waals surface area contributed by atoms with Crippen LogP contribution in [-0.4, -0.2) is 19.5 Å². The smallest absolute Gasteiger partial charge is 0.164 e. The number of furan rings is 2. The number of hydrogen-bond donors (Lipinski definition) is 0. The third-order valence-electron chi connectivity index (χ3n) is 13.5. The van der Waals surface area contributed by atoms with Gasteiger partial charge < -0.3 is 13.4 Å². The van der Waals surface area contributed by atoms with E-state index in [9.17, 15) is 0 Å². The standard InChI is InChI=1S/C63H38N4O2/c1-4-13-39(14-5-1)41-23-25-43(26-24-41)62-64-61(42-17-8-3-9-18-42)65-63(66-62)51-20-12-22-57-60(51)53-36-45(29-34-56(53)68-57)46-27-31-49-50-32-30-47(38-59(50)69-58(49)37-46)67-54-21-11-10-19-48(54)52-35-44(28-33-55(52)67)40-15-6-2-7-16-40/h1-38H. The monoisotopic (exact) mass is 882 g/mol. The molecule has 0 amide bonds. The molecule has 4 aromatic heterocycles. The van der Waals surface area contributed by atoms with Crippen LogP contribution < -0.4 is 0 Å². The number of hydrogen-bond acceptors (Lipinski definition) is 5. The van der Waals surface area contributed by atoms with Crippen LogP contribution in [0.3, 0.4) is 0 Å². The van der Waals surface area contributed by atoms with Crippen molar-refractivity contribution in [2.45, 2.75) is 0 Å². The normalized spacial score (nSPS) is 11.8. The second kappa shape index (κ2) is 15.6. The molecule has 0 saturated heterocycles. The second-order valence-corrected chi connectivity index (χ2v) is 17.6. The molecule has 69 heavy (non-hydrogen) atoms. The van der Waals surface area contributed by atoms with Crippen LogP contribution in [0.4, 0.5) is 0 Å². The first-order valence-corrected chi connectivity index (χ1v) is 23.2. The molecule has 10 aromatic carbocycles. The van der Waals surface area contributed by atoms with Gasteiger partial charge in [-0.05, 0) is 94.0 Å². The Labute approximate surface area is 396 Å². The van der Waals surface area contributed by atoms with E-state index in [1.165, 1.54) is 21.9 Å². The Bertz CT molecular complexity index is 4290. The summed E-state index contributed by atoms with van der Waals surface area (Å²) in [6.45, 7) is 0. The van der Waals surface area contributed by atoms with E-state index in [4.69, 9.17) is 23.8 Å². The van der Waals surface area contributed by atoms with Gasteiger partial charge in [-0.1, -0.05) is 164 Å². The van der Waals surface area contributed by atoms with E-state index < -0.39 is 0 Å². The second-order valence-electron chi connectivity index (χ2n) is 17.6. The lowest BCUT2D eigenvalue weighted by Gasteiger charge is -2.10. The molecule has 0 radical (unpaired) electrons. The molecule has 0 aliphatic heterocycles. The number of nitrogens with zero attached hydrogens (tertiary/aromatic N) is 4. The van der Waals surface area contributed by atoms with Crippen LogP contribution in [0.15, 0.2) is 239 Å². The van der Waals surface area contributed by atoms with Crippen LogP contribution in [0.25, 0.3) is 139 Å². The molecule has 6 nitrogen and oxygen atoms in total. The van der Waals surface area contributed by atoms with Crippen molar-refractivity contribution in [3.63, 3.8) is 0 Å². The van der Waals surface area contributed by atoms with Gasteiger partial charge in [0.25, 0.3) is 0 Å². The third-order valence-corrected chi connectivity index (χ3v) is 13.5. The highest BCUT2D eigenvalue weighted by molar-refractivity contribution is 6.14. The molecular formula is C63H38N4O2. The van der Waals surface area contributed by atoms with E-state index in [0.29, 0.717) is 17.5 Å². The molecule has 0 saturated carbocycles. The Hall–Kier alpha value is -9.39. The Morgan fingerprint density at radius 1 is 0.275 bits per heavy atom. The Kier molecular flexibility index (Phi) is 8.79. The minimum absolute atomic E-state index is 0.575. The Morgan fingerprint density at radius 2 is 0.783 bits per heavy atom. The lowest BCUT2D eigenvalue weighted by Crippen LogP contribution is -2.00. The largest absolute Gasteiger partial charge is 0.456 e. The molecule has 14 rings (SSSR count). The number of rotatable bonds is 7. The number of para-hydroxylation sites is 1. The SMILES string of the molecule is c1ccc(-c2ccc(-c3nc(-c4ccccc4)nc(-c4cccc5oc6ccc(-c7ccc8c(c7)oc7cc(-n9c%10ccccc%10c%10cc(-c%11ccccc%11)ccc%109)ccc78)cc6c45)n3)cc2)cc1. The van der Waals surface area contributed by atoms with Gasteiger partial charge in [0.1, 0.15) is 22.3 Å². The highest BCUT2D eigenvalue weighted by atomic mass is 16.3. The van der Waals surface area contributed by atoms with Crippen molar-refractivity contribution in [3.8, 4) is 73.2 Å². The molecule has 0 N–H and O–H groups in total. The van der Waals surface area contributed by atoms with Crippen LogP contribution >= 0.6 is 0 Å². The molecule has 6 heteroatoms. The number of fused-ring (bicyclic) bond motifs is 9.